The molecule has 0 saturated carbocycles. The molecule has 0 saturated heterocycles. The first-order valence-corrected chi connectivity index (χ1v) is 6.94. The molecule has 0 aromatic heterocycles. The molecule has 2 nitrogen and oxygen atoms in total. The van der Waals surface area contributed by atoms with Crippen molar-refractivity contribution in [2.75, 3.05) is 5.32 Å². The van der Waals surface area contributed by atoms with Crippen molar-refractivity contribution in [1.29, 1.82) is 0 Å². The van der Waals surface area contributed by atoms with Crippen LogP contribution in [0.4, 0.5) is 10.1 Å². The molecule has 1 aliphatic heterocycles. The van der Waals surface area contributed by atoms with Crippen molar-refractivity contribution in [3.63, 3.8) is 0 Å². The van der Waals surface area contributed by atoms with Gasteiger partial charge >= 0.3 is 0 Å². The number of hydrogen-bond acceptors (Lipinski definition) is 2. The Hall–Kier alpha value is -1.87. The molecule has 2 N–H and O–H groups in total. The fraction of sp³-hybridized carbons (Fsp3) is 0.294. The lowest BCUT2D eigenvalue weighted by Crippen LogP contribution is -2.32. The van der Waals surface area contributed by atoms with Gasteiger partial charge in [0.05, 0.1) is 12.1 Å². The van der Waals surface area contributed by atoms with E-state index >= 15 is 0 Å². The van der Waals surface area contributed by atoms with E-state index in [1.807, 2.05) is 25.1 Å². The van der Waals surface area contributed by atoms with Gasteiger partial charge in [-0.25, -0.2) is 4.39 Å². The average molecular weight is 271 g/mol. The Morgan fingerprint density at radius 1 is 1.25 bits per heavy atom. The van der Waals surface area contributed by atoms with Gasteiger partial charge in [-0.05, 0) is 54.7 Å². The number of benzene rings is 2. The first-order valence-electron chi connectivity index (χ1n) is 6.94. The number of rotatable bonds is 2. The third kappa shape index (κ3) is 2.41. The van der Waals surface area contributed by atoms with Crippen LogP contribution in [-0.4, -0.2) is 11.1 Å². The first-order chi connectivity index (χ1) is 9.65. The maximum Gasteiger partial charge on any atom is 0.123 e. The van der Waals surface area contributed by atoms with Crippen LogP contribution >= 0.6 is 0 Å². The Morgan fingerprint density at radius 2 is 2.05 bits per heavy atom. The van der Waals surface area contributed by atoms with Gasteiger partial charge in [-0.1, -0.05) is 24.3 Å². The molecule has 20 heavy (non-hydrogen) atoms. The average Bonchev–Trinajstić information content (AvgIpc) is 2.48. The molecule has 0 spiro atoms. The highest BCUT2D eigenvalue weighted by Gasteiger charge is 2.26. The van der Waals surface area contributed by atoms with E-state index in [2.05, 4.69) is 11.4 Å². The van der Waals surface area contributed by atoms with E-state index in [-0.39, 0.29) is 11.9 Å². The monoisotopic (exact) mass is 271 g/mol. The molecular weight excluding hydrogens is 253 g/mol. The summed E-state index contributed by atoms with van der Waals surface area (Å²) in [6, 6.07) is 12.6. The molecule has 2 unspecified atom stereocenters. The smallest absolute Gasteiger partial charge is 0.123 e. The third-order valence-corrected chi connectivity index (χ3v) is 4.02. The minimum atomic E-state index is -0.695. The molecular formula is C17H18FNO. The number of aliphatic hydroxyl groups is 1. The Labute approximate surface area is 118 Å². The molecule has 0 bridgehead atoms. The van der Waals surface area contributed by atoms with E-state index < -0.39 is 6.10 Å². The summed E-state index contributed by atoms with van der Waals surface area (Å²) in [5.74, 6) is -0.305. The predicted octanol–water partition coefficient (Wildman–Crippen LogP) is 3.59. The first kappa shape index (κ1) is 13.1. The number of nitrogens with one attached hydrogen (secondary N) is 1. The summed E-state index contributed by atoms with van der Waals surface area (Å²) >= 11 is 0. The van der Waals surface area contributed by atoms with Crippen LogP contribution in [0.5, 0.6) is 0 Å². The second kappa shape index (κ2) is 5.25. The molecule has 2 aromatic rings. The summed E-state index contributed by atoms with van der Waals surface area (Å²) in [6.45, 7) is 1.90. The van der Waals surface area contributed by atoms with Crippen LogP contribution < -0.4 is 5.32 Å². The SMILES string of the molecule is Cc1ccc(F)cc1C(O)C1CCc2ccccc2N1. The number of aliphatic hydroxyl groups excluding tert-OH is 1. The number of para-hydroxylation sites is 1. The molecule has 0 radical (unpaired) electrons. The molecule has 3 heteroatoms. The quantitative estimate of drug-likeness (QED) is 0.874. The predicted molar refractivity (Wildman–Crippen MR) is 78.3 cm³/mol. The van der Waals surface area contributed by atoms with Crippen molar-refractivity contribution in [2.45, 2.75) is 31.9 Å². The summed E-state index contributed by atoms with van der Waals surface area (Å²) < 4.78 is 13.4. The van der Waals surface area contributed by atoms with Gasteiger partial charge in [0.15, 0.2) is 0 Å². The zero-order valence-electron chi connectivity index (χ0n) is 11.4. The van der Waals surface area contributed by atoms with Gasteiger partial charge in [0.2, 0.25) is 0 Å². The van der Waals surface area contributed by atoms with Gasteiger partial charge in [0, 0.05) is 5.69 Å². The van der Waals surface area contributed by atoms with Gasteiger partial charge in [-0.3, -0.25) is 0 Å². The normalized spacial score (nSPS) is 19.1. The van der Waals surface area contributed by atoms with Crippen LogP contribution in [0.1, 0.15) is 29.2 Å². The van der Waals surface area contributed by atoms with Gasteiger partial charge in [-0.2, -0.15) is 0 Å². The Kier molecular flexibility index (Phi) is 3.45. The van der Waals surface area contributed by atoms with Crippen molar-refractivity contribution >= 4 is 5.69 Å². The van der Waals surface area contributed by atoms with Gasteiger partial charge in [-0.15, -0.1) is 0 Å². The van der Waals surface area contributed by atoms with E-state index in [9.17, 15) is 9.50 Å². The maximum absolute atomic E-state index is 13.4. The number of aryl methyl sites for hydroxylation is 2. The highest BCUT2D eigenvalue weighted by atomic mass is 19.1. The lowest BCUT2D eigenvalue weighted by molar-refractivity contribution is 0.148. The lowest BCUT2D eigenvalue weighted by Gasteiger charge is -2.31. The fourth-order valence-electron chi connectivity index (χ4n) is 2.85. The summed E-state index contributed by atoms with van der Waals surface area (Å²) in [5, 5.41) is 13.9. The zero-order chi connectivity index (χ0) is 14.1. The number of anilines is 1. The van der Waals surface area contributed by atoms with Crippen LogP contribution in [0, 0.1) is 12.7 Å². The molecule has 1 aliphatic rings. The second-order valence-corrected chi connectivity index (χ2v) is 5.39. The Balaban J connectivity index is 1.85. The van der Waals surface area contributed by atoms with Gasteiger partial charge in [0.25, 0.3) is 0 Å². The van der Waals surface area contributed by atoms with Crippen molar-refractivity contribution in [2.24, 2.45) is 0 Å². The van der Waals surface area contributed by atoms with Crippen LogP contribution in [0.3, 0.4) is 0 Å². The second-order valence-electron chi connectivity index (χ2n) is 5.39. The topological polar surface area (TPSA) is 32.3 Å². The van der Waals surface area contributed by atoms with Crippen molar-refractivity contribution in [3.05, 3.63) is 65.0 Å². The molecule has 2 atom stereocenters. The lowest BCUT2D eigenvalue weighted by atomic mass is 9.90. The highest BCUT2D eigenvalue weighted by Crippen LogP contribution is 2.31. The molecule has 0 amide bonds. The van der Waals surface area contributed by atoms with E-state index in [0.29, 0.717) is 5.56 Å². The van der Waals surface area contributed by atoms with Crippen LogP contribution in [0.2, 0.25) is 0 Å². The minimum absolute atomic E-state index is 0.0783. The molecule has 104 valence electrons. The Morgan fingerprint density at radius 3 is 2.90 bits per heavy atom. The molecule has 2 aromatic carbocycles. The number of fused-ring (bicyclic) bond motifs is 1. The largest absolute Gasteiger partial charge is 0.386 e. The molecule has 3 rings (SSSR count). The molecule has 1 heterocycles. The number of halogens is 1. The summed E-state index contributed by atoms with van der Waals surface area (Å²) in [5.41, 5.74) is 3.92. The van der Waals surface area contributed by atoms with E-state index in [1.54, 1.807) is 6.07 Å². The summed E-state index contributed by atoms with van der Waals surface area (Å²) in [7, 11) is 0. The van der Waals surface area contributed by atoms with Gasteiger partial charge < -0.3 is 10.4 Å². The van der Waals surface area contributed by atoms with Crippen molar-refractivity contribution in [3.8, 4) is 0 Å². The van der Waals surface area contributed by atoms with E-state index in [1.165, 1.54) is 17.7 Å². The van der Waals surface area contributed by atoms with E-state index in [0.717, 1.165) is 24.1 Å². The highest BCUT2D eigenvalue weighted by molar-refractivity contribution is 5.54. The zero-order valence-corrected chi connectivity index (χ0v) is 11.4. The number of hydrogen-bond donors (Lipinski definition) is 2. The minimum Gasteiger partial charge on any atom is -0.386 e. The van der Waals surface area contributed by atoms with Crippen molar-refractivity contribution < 1.29 is 9.50 Å². The van der Waals surface area contributed by atoms with Crippen LogP contribution in [-0.2, 0) is 6.42 Å². The third-order valence-electron chi connectivity index (χ3n) is 4.02. The van der Waals surface area contributed by atoms with Gasteiger partial charge in [0.1, 0.15) is 5.82 Å². The molecule has 0 aliphatic carbocycles. The van der Waals surface area contributed by atoms with Crippen molar-refractivity contribution in [1.82, 2.24) is 0 Å². The van der Waals surface area contributed by atoms with E-state index in [4.69, 9.17) is 0 Å². The van der Waals surface area contributed by atoms with Crippen LogP contribution in [0.25, 0.3) is 0 Å². The summed E-state index contributed by atoms with van der Waals surface area (Å²) in [4.78, 5) is 0. The summed E-state index contributed by atoms with van der Waals surface area (Å²) in [6.07, 6.45) is 1.08. The molecule has 0 fully saturated rings. The Bertz CT molecular complexity index is 626. The fourth-order valence-corrected chi connectivity index (χ4v) is 2.85. The maximum atomic E-state index is 13.4. The van der Waals surface area contributed by atoms with Crippen LogP contribution in [0.15, 0.2) is 42.5 Å². The standard InChI is InChI=1S/C17H18FNO/c1-11-6-8-13(18)10-14(11)17(20)16-9-7-12-4-2-3-5-15(12)19-16/h2-6,8,10,16-17,19-20H,7,9H2,1H3.